The number of rotatable bonds is 10. The van der Waals surface area contributed by atoms with E-state index in [2.05, 4.69) is 69.2 Å². The Morgan fingerprint density at radius 3 is 2.39 bits per heavy atom. The van der Waals surface area contributed by atoms with Crippen molar-refractivity contribution in [3.63, 3.8) is 0 Å². The van der Waals surface area contributed by atoms with Gasteiger partial charge < -0.3 is 20.3 Å². The van der Waals surface area contributed by atoms with Gasteiger partial charge >= 0.3 is 0 Å². The molecule has 1 aromatic rings. The summed E-state index contributed by atoms with van der Waals surface area (Å²) in [5.41, 5.74) is 5.30. The number of nitrogens with zero attached hydrogens (tertiary/aromatic N) is 1. The van der Waals surface area contributed by atoms with Gasteiger partial charge in [-0.2, -0.15) is 0 Å². The summed E-state index contributed by atoms with van der Waals surface area (Å²) in [5.74, 6) is -0.0102. The number of hydrogen-bond acceptors (Lipinski definition) is 4. The van der Waals surface area contributed by atoms with Crippen LogP contribution >= 0.6 is 0 Å². The number of nitrogens with one attached hydrogen (secondary N) is 2. The third-order valence-electron chi connectivity index (χ3n) is 5.68. The van der Waals surface area contributed by atoms with Crippen LogP contribution in [0.3, 0.4) is 0 Å². The summed E-state index contributed by atoms with van der Waals surface area (Å²) in [6, 6.07) is 4.78. The lowest BCUT2D eigenvalue weighted by Crippen LogP contribution is -2.40. The van der Waals surface area contributed by atoms with Gasteiger partial charge in [0.05, 0.1) is 0 Å². The molecule has 186 valence electrons. The van der Waals surface area contributed by atoms with E-state index in [0.717, 1.165) is 62.1 Å². The van der Waals surface area contributed by atoms with Gasteiger partial charge in [-0.15, -0.1) is 0 Å². The molecule has 33 heavy (non-hydrogen) atoms. The SMILES string of the molecule is CC/C=C/N/C=C(\C)CNC(=O)c1cc(CC)cc(N(CC)C2CCOCC2)c1C.CCC. The maximum absolute atomic E-state index is 13.0. The van der Waals surface area contributed by atoms with Crippen molar-refractivity contribution in [3.05, 3.63) is 52.9 Å². The molecule has 1 aromatic carbocycles. The monoisotopic (exact) mass is 457 g/mol. The zero-order valence-electron chi connectivity index (χ0n) is 22.1. The molecular weight excluding hydrogens is 410 g/mol. The number of aryl methyl sites for hydroxylation is 1. The highest BCUT2D eigenvalue weighted by atomic mass is 16.5. The highest BCUT2D eigenvalue weighted by Crippen LogP contribution is 2.30. The molecule has 1 aliphatic heterocycles. The zero-order valence-corrected chi connectivity index (χ0v) is 22.1. The molecule has 0 bridgehead atoms. The molecule has 1 saturated heterocycles. The van der Waals surface area contributed by atoms with E-state index in [-0.39, 0.29) is 5.91 Å². The minimum Gasteiger partial charge on any atom is -0.381 e. The predicted octanol–water partition coefficient (Wildman–Crippen LogP) is 6.13. The number of carbonyl (C=O) groups is 1. The van der Waals surface area contributed by atoms with Crippen LogP contribution in [-0.4, -0.2) is 38.3 Å². The van der Waals surface area contributed by atoms with Crippen LogP contribution in [0.1, 0.15) is 88.7 Å². The Bertz CT molecular complexity index is 765. The summed E-state index contributed by atoms with van der Waals surface area (Å²) < 4.78 is 5.56. The van der Waals surface area contributed by atoms with Crippen LogP contribution in [0.15, 0.2) is 36.2 Å². The molecule has 2 N–H and O–H groups in total. The van der Waals surface area contributed by atoms with Crippen molar-refractivity contribution in [2.75, 3.05) is 31.2 Å². The van der Waals surface area contributed by atoms with Gasteiger partial charge in [-0.1, -0.05) is 40.2 Å². The second-order valence-electron chi connectivity index (χ2n) is 8.63. The van der Waals surface area contributed by atoms with Crippen molar-refractivity contribution in [3.8, 4) is 0 Å². The van der Waals surface area contributed by atoms with Crippen molar-refractivity contribution < 1.29 is 9.53 Å². The summed E-state index contributed by atoms with van der Waals surface area (Å²) in [6.07, 6.45) is 11.1. The summed E-state index contributed by atoms with van der Waals surface area (Å²) in [7, 11) is 0. The maximum Gasteiger partial charge on any atom is 0.251 e. The van der Waals surface area contributed by atoms with Crippen LogP contribution < -0.4 is 15.5 Å². The predicted molar refractivity (Wildman–Crippen MR) is 142 cm³/mol. The van der Waals surface area contributed by atoms with Crippen molar-refractivity contribution in [1.82, 2.24) is 10.6 Å². The molecule has 0 unspecified atom stereocenters. The van der Waals surface area contributed by atoms with E-state index in [4.69, 9.17) is 4.74 Å². The fourth-order valence-electron chi connectivity index (χ4n) is 3.86. The molecule has 5 heteroatoms. The van der Waals surface area contributed by atoms with Crippen LogP contribution in [0.5, 0.6) is 0 Å². The van der Waals surface area contributed by atoms with Gasteiger partial charge in [0.2, 0.25) is 0 Å². The first kappa shape index (κ1) is 28.8. The fraction of sp³-hybridized carbons (Fsp3) is 0.607. The first-order valence-corrected chi connectivity index (χ1v) is 12.8. The molecule has 1 aliphatic rings. The maximum atomic E-state index is 13.0. The number of carbonyl (C=O) groups excluding carboxylic acids is 1. The summed E-state index contributed by atoms with van der Waals surface area (Å²) in [6.45, 7) is 17.8. The first-order chi connectivity index (χ1) is 15.9. The third kappa shape index (κ3) is 9.63. The van der Waals surface area contributed by atoms with Crippen LogP contribution in [0, 0.1) is 6.92 Å². The molecular formula is C28H47N3O2. The number of allylic oxidation sites excluding steroid dienone is 1. The van der Waals surface area contributed by atoms with Gasteiger partial charge in [0, 0.05) is 49.8 Å². The normalized spacial score (nSPS) is 14.6. The smallest absolute Gasteiger partial charge is 0.251 e. The molecule has 0 radical (unpaired) electrons. The average molecular weight is 458 g/mol. The van der Waals surface area contributed by atoms with Crippen molar-refractivity contribution >= 4 is 11.6 Å². The summed E-state index contributed by atoms with van der Waals surface area (Å²) >= 11 is 0. The summed E-state index contributed by atoms with van der Waals surface area (Å²) in [5, 5.41) is 6.22. The van der Waals surface area contributed by atoms with Crippen LogP contribution in [0.4, 0.5) is 5.69 Å². The number of amides is 1. The molecule has 0 aromatic heterocycles. The first-order valence-electron chi connectivity index (χ1n) is 12.8. The van der Waals surface area contributed by atoms with E-state index in [1.54, 1.807) is 0 Å². The molecule has 2 rings (SSSR count). The van der Waals surface area contributed by atoms with E-state index in [1.807, 2.05) is 25.4 Å². The van der Waals surface area contributed by atoms with E-state index in [1.165, 1.54) is 17.7 Å². The number of benzene rings is 1. The van der Waals surface area contributed by atoms with Gasteiger partial charge in [-0.25, -0.2) is 0 Å². The lowest BCUT2D eigenvalue weighted by molar-refractivity contribution is 0.0846. The topological polar surface area (TPSA) is 53.6 Å². The number of anilines is 1. The summed E-state index contributed by atoms with van der Waals surface area (Å²) in [4.78, 5) is 15.5. The van der Waals surface area contributed by atoms with Crippen molar-refractivity contribution in [2.24, 2.45) is 0 Å². The quantitative estimate of drug-likeness (QED) is 0.444. The van der Waals surface area contributed by atoms with Gasteiger partial charge in [0.25, 0.3) is 5.91 Å². The highest BCUT2D eigenvalue weighted by Gasteiger charge is 2.24. The number of ether oxygens (including phenoxy) is 1. The van der Waals surface area contributed by atoms with E-state index in [9.17, 15) is 4.79 Å². The van der Waals surface area contributed by atoms with Crippen LogP contribution in [-0.2, 0) is 11.2 Å². The third-order valence-corrected chi connectivity index (χ3v) is 5.68. The lowest BCUT2D eigenvalue weighted by Gasteiger charge is -2.37. The Morgan fingerprint density at radius 1 is 1.15 bits per heavy atom. The molecule has 5 nitrogen and oxygen atoms in total. The van der Waals surface area contributed by atoms with E-state index < -0.39 is 0 Å². The Morgan fingerprint density at radius 2 is 1.82 bits per heavy atom. The second-order valence-corrected chi connectivity index (χ2v) is 8.63. The molecule has 1 amide bonds. The van der Waals surface area contributed by atoms with Crippen molar-refractivity contribution in [2.45, 2.75) is 86.6 Å². The highest BCUT2D eigenvalue weighted by molar-refractivity contribution is 5.97. The minimum atomic E-state index is -0.0102. The Hall–Kier alpha value is -2.27. The largest absolute Gasteiger partial charge is 0.381 e. The Kier molecular flexibility index (Phi) is 14.3. The van der Waals surface area contributed by atoms with Gasteiger partial charge in [-0.05, 0) is 81.5 Å². The fourth-order valence-corrected chi connectivity index (χ4v) is 3.86. The lowest BCUT2D eigenvalue weighted by atomic mass is 9.97. The molecule has 0 atom stereocenters. The minimum absolute atomic E-state index is 0.0102. The Labute approximate surface area is 202 Å². The molecule has 1 fully saturated rings. The van der Waals surface area contributed by atoms with Crippen molar-refractivity contribution in [1.29, 1.82) is 0 Å². The van der Waals surface area contributed by atoms with Gasteiger partial charge in [0.15, 0.2) is 0 Å². The molecule has 0 aliphatic carbocycles. The zero-order chi connectivity index (χ0) is 24.6. The average Bonchev–Trinajstić information content (AvgIpc) is 2.83. The standard InChI is InChI=1S/C25H39N3O2.C3H8/c1-6-9-12-26-17-19(4)18-27-25(29)23-15-21(7-2)16-24(20(23)5)28(8-3)22-10-13-30-14-11-22;1-3-2/h9,12,15-17,22,26H,6-8,10-11,13-14,18H2,1-5H3,(H,27,29);3H2,1-2H3/b12-9+,19-17+;. The molecule has 0 saturated carbocycles. The van der Waals surface area contributed by atoms with E-state index >= 15 is 0 Å². The van der Waals surface area contributed by atoms with Gasteiger partial charge in [0.1, 0.15) is 0 Å². The van der Waals surface area contributed by atoms with E-state index in [0.29, 0.717) is 12.6 Å². The second kappa shape index (κ2) is 16.4. The van der Waals surface area contributed by atoms with Crippen LogP contribution in [0.25, 0.3) is 0 Å². The number of hydrogen-bond donors (Lipinski definition) is 2. The van der Waals surface area contributed by atoms with Crippen LogP contribution in [0.2, 0.25) is 0 Å². The Balaban J connectivity index is 0.00000172. The molecule has 1 heterocycles. The molecule has 0 spiro atoms. The van der Waals surface area contributed by atoms with Gasteiger partial charge in [-0.3, -0.25) is 4.79 Å².